The zero-order valence-electron chi connectivity index (χ0n) is 15.5. The van der Waals surface area contributed by atoms with Crippen LogP contribution in [0.2, 0.25) is 0 Å². The van der Waals surface area contributed by atoms with Crippen LogP contribution in [0.25, 0.3) is 27.8 Å². The van der Waals surface area contributed by atoms with Crippen LogP contribution >= 0.6 is 0 Å². The summed E-state index contributed by atoms with van der Waals surface area (Å²) in [7, 11) is 0. The first kappa shape index (κ1) is 17.1. The number of fused-ring (bicyclic) bond motifs is 1. The van der Waals surface area contributed by atoms with Crippen molar-refractivity contribution in [1.29, 1.82) is 0 Å². The van der Waals surface area contributed by atoms with Crippen LogP contribution in [-0.4, -0.2) is 14.5 Å². The molecule has 0 spiro atoms. The lowest BCUT2D eigenvalue weighted by Crippen LogP contribution is -1.98. The number of rotatable bonds is 4. The maximum Gasteiger partial charge on any atom is 0.150 e. The van der Waals surface area contributed by atoms with Gasteiger partial charge in [-0.25, -0.2) is 14.4 Å². The van der Waals surface area contributed by atoms with Gasteiger partial charge in [-0.15, -0.1) is 0 Å². The van der Waals surface area contributed by atoms with E-state index in [0.29, 0.717) is 5.82 Å². The average molecular weight is 380 g/mol. The third-order valence-electron chi connectivity index (χ3n) is 4.81. The number of hydrogen-bond acceptors (Lipinski definition) is 3. The fraction of sp³-hybridized carbons (Fsp3) is 0. The molecule has 0 saturated heterocycles. The van der Waals surface area contributed by atoms with Gasteiger partial charge in [0.05, 0.1) is 5.39 Å². The highest BCUT2D eigenvalue weighted by molar-refractivity contribution is 6.02. The Morgan fingerprint density at radius 1 is 0.759 bits per heavy atom. The Morgan fingerprint density at radius 3 is 2.17 bits per heavy atom. The highest BCUT2D eigenvalue weighted by Crippen LogP contribution is 2.36. The predicted molar refractivity (Wildman–Crippen MR) is 114 cm³/mol. The minimum Gasteiger partial charge on any atom is -0.340 e. The molecule has 0 atom stereocenters. The van der Waals surface area contributed by atoms with Crippen LogP contribution in [0.15, 0.2) is 97.5 Å². The van der Waals surface area contributed by atoms with Crippen molar-refractivity contribution in [3.63, 3.8) is 0 Å². The van der Waals surface area contributed by atoms with E-state index in [1.807, 2.05) is 48.5 Å². The molecule has 5 heteroatoms. The maximum absolute atomic E-state index is 13.3. The average Bonchev–Trinajstić information content (AvgIpc) is 3.17. The predicted octanol–water partition coefficient (Wildman–Crippen LogP) is 5.97. The first-order valence-corrected chi connectivity index (χ1v) is 9.29. The van der Waals surface area contributed by atoms with Gasteiger partial charge in [0.25, 0.3) is 0 Å². The van der Waals surface area contributed by atoms with Gasteiger partial charge in [0, 0.05) is 23.1 Å². The van der Waals surface area contributed by atoms with E-state index in [2.05, 4.69) is 38.2 Å². The molecule has 0 aliphatic carbocycles. The second-order valence-corrected chi connectivity index (χ2v) is 6.67. The molecular formula is C24H17FN4. The number of nitrogens with zero attached hydrogens (tertiary/aromatic N) is 3. The van der Waals surface area contributed by atoms with Gasteiger partial charge in [-0.2, -0.15) is 0 Å². The van der Waals surface area contributed by atoms with Crippen molar-refractivity contribution < 1.29 is 4.39 Å². The summed E-state index contributed by atoms with van der Waals surface area (Å²) >= 11 is 0. The Labute approximate surface area is 167 Å². The van der Waals surface area contributed by atoms with Crippen molar-refractivity contribution in [3.8, 4) is 16.8 Å². The van der Waals surface area contributed by atoms with Gasteiger partial charge in [0.1, 0.15) is 18.0 Å². The second-order valence-electron chi connectivity index (χ2n) is 6.67. The highest BCUT2D eigenvalue weighted by Gasteiger charge is 2.17. The minimum absolute atomic E-state index is 0.274. The number of para-hydroxylation sites is 1. The van der Waals surface area contributed by atoms with E-state index in [1.54, 1.807) is 18.5 Å². The molecule has 0 aliphatic rings. The molecule has 4 nitrogen and oxygen atoms in total. The quantitative estimate of drug-likeness (QED) is 0.418. The molecule has 0 saturated carbocycles. The normalized spacial score (nSPS) is 10.9. The lowest BCUT2D eigenvalue weighted by molar-refractivity contribution is 0.628. The summed E-state index contributed by atoms with van der Waals surface area (Å²) in [6.45, 7) is 0. The summed E-state index contributed by atoms with van der Waals surface area (Å²) in [5.74, 6) is 0.402. The molecule has 0 radical (unpaired) electrons. The summed E-state index contributed by atoms with van der Waals surface area (Å²) < 4.78 is 15.4. The van der Waals surface area contributed by atoms with Crippen LogP contribution < -0.4 is 5.32 Å². The van der Waals surface area contributed by atoms with Crippen molar-refractivity contribution >= 4 is 22.5 Å². The molecule has 0 fully saturated rings. The molecule has 5 rings (SSSR count). The van der Waals surface area contributed by atoms with Crippen LogP contribution in [0.5, 0.6) is 0 Å². The molecule has 1 N–H and O–H groups in total. The van der Waals surface area contributed by atoms with Crippen molar-refractivity contribution in [2.75, 3.05) is 5.32 Å². The van der Waals surface area contributed by atoms with Crippen LogP contribution in [0.4, 0.5) is 15.9 Å². The van der Waals surface area contributed by atoms with E-state index in [9.17, 15) is 4.39 Å². The number of anilines is 2. The zero-order valence-corrected chi connectivity index (χ0v) is 15.5. The Hall–Kier alpha value is -3.99. The summed E-state index contributed by atoms with van der Waals surface area (Å²) in [6, 6.07) is 26.5. The molecular weight excluding hydrogens is 363 g/mol. The van der Waals surface area contributed by atoms with Crippen LogP contribution in [0, 0.1) is 5.82 Å². The van der Waals surface area contributed by atoms with E-state index in [1.165, 1.54) is 12.1 Å². The van der Waals surface area contributed by atoms with E-state index >= 15 is 0 Å². The number of halogens is 1. The van der Waals surface area contributed by atoms with Crippen LogP contribution in [0.3, 0.4) is 0 Å². The van der Waals surface area contributed by atoms with E-state index < -0.39 is 0 Å². The molecule has 140 valence electrons. The Kier molecular flexibility index (Phi) is 4.26. The van der Waals surface area contributed by atoms with Gasteiger partial charge >= 0.3 is 0 Å². The van der Waals surface area contributed by atoms with Crippen molar-refractivity contribution in [3.05, 3.63) is 103 Å². The molecule has 3 aromatic carbocycles. The number of benzene rings is 3. The van der Waals surface area contributed by atoms with Crippen molar-refractivity contribution in [2.24, 2.45) is 0 Å². The van der Waals surface area contributed by atoms with Gasteiger partial charge in [0.15, 0.2) is 5.65 Å². The van der Waals surface area contributed by atoms with Crippen LogP contribution in [-0.2, 0) is 0 Å². The van der Waals surface area contributed by atoms with Gasteiger partial charge in [-0.3, -0.25) is 0 Å². The molecule has 0 amide bonds. The van der Waals surface area contributed by atoms with Crippen LogP contribution in [0.1, 0.15) is 0 Å². The summed E-state index contributed by atoms with van der Waals surface area (Å²) in [5, 5.41) is 4.23. The SMILES string of the molecule is Fc1ccc(Nc2ncnc3c2c(-c2ccccc2)cn3-c2ccccc2)cc1. The lowest BCUT2D eigenvalue weighted by Gasteiger charge is -2.09. The molecule has 0 bridgehead atoms. The summed E-state index contributed by atoms with van der Waals surface area (Å²) in [6.07, 6.45) is 3.63. The molecule has 5 aromatic rings. The van der Waals surface area contributed by atoms with Gasteiger partial charge in [-0.05, 0) is 42.0 Å². The van der Waals surface area contributed by atoms with E-state index in [4.69, 9.17) is 0 Å². The Bertz CT molecular complexity index is 1260. The molecule has 0 aliphatic heterocycles. The van der Waals surface area contributed by atoms with Gasteiger partial charge < -0.3 is 9.88 Å². The van der Waals surface area contributed by atoms with Crippen molar-refractivity contribution in [1.82, 2.24) is 14.5 Å². The fourth-order valence-electron chi connectivity index (χ4n) is 3.45. The number of hydrogen-bond donors (Lipinski definition) is 1. The molecule has 0 unspecified atom stereocenters. The summed E-state index contributed by atoms with van der Waals surface area (Å²) in [5.41, 5.74) is 4.68. The first-order valence-electron chi connectivity index (χ1n) is 9.29. The highest BCUT2D eigenvalue weighted by atomic mass is 19.1. The minimum atomic E-state index is -0.274. The van der Waals surface area contributed by atoms with E-state index in [0.717, 1.165) is 33.5 Å². The maximum atomic E-state index is 13.3. The van der Waals surface area contributed by atoms with Gasteiger partial charge in [-0.1, -0.05) is 48.5 Å². The second kappa shape index (κ2) is 7.20. The van der Waals surface area contributed by atoms with E-state index in [-0.39, 0.29) is 5.82 Å². The Morgan fingerprint density at radius 2 is 1.45 bits per heavy atom. The standard InChI is InChI=1S/C24H17FN4/c25-18-11-13-19(14-12-18)28-23-22-21(17-7-3-1-4-8-17)15-29(24(22)27-16-26-23)20-9-5-2-6-10-20/h1-16H,(H,26,27,28). The topological polar surface area (TPSA) is 42.7 Å². The Balaban J connectivity index is 1.74. The smallest absolute Gasteiger partial charge is 0.150 e. The van der Waals surface area contributed by atoms with Crippen molar-refractivity contribution in [2.45, 2.75) is 0 Å². The largest absolute Gasteiger partial charge is 0.340 e. The number of nitrogens with one attached hydrogen (secondary N) is 1. The zero-order chi connectivity index (χ0) is 19.6. The third-order valence-corrected chi connectivity index (χ3v) is 4.81. The summed E-state index contributed by atoms with van der Waals surface area (Å²) in [4.78, 5) is 9.06. The molecule has 2 heterocycles. The first-order chi connectivity index (χ1) is 14.3. The fourth-order valence-corrected chi connectivity index (χ4v) is 3.45. The molecule has 2 aromatic heterocycles. The third kappa shape index (κ3) is 3.23. The monoisotopic (exact) mass is 380 g/mol. The molecule has 29 heavy (non-hydrogen) atoms. The lowest BCUT2D eigenvalue weighted by atomic mass is 10.1. The van der Waals surface area contributed by atoms with Gasteiger partial charge in [0.2, 0.25) is 0 Å². The number of aromatic nitrogens is 3.